The van der Waals surface area contributed by atoms with Gasteiger partial charge in [0, 0.05) is 12.0 Å². The molecule has 2 N–H and O–H groups in total. The number of nitrogens with zero attached hydrogens (tertiary/aromatic N) is 1. The molecule has 6 nitrogen and oxygen atoms in total. The number of carbonyl (C=O) groups excluding carboxylic acids is 2. The number of nitrogens with one attached hydrogen (secondary N) is 1. The molecule has 3 saturated carbocycles. The first-order valence-electron chi connectivity index (χ1n) is 11.3. The lowest BCUT2D eigenvalue weighted by Crippen LogP contribution is -2.68. The third-order valence-corrected chi connectivity index (χ3v) is 8.56. The molecule has 1 atom stereocenters. The molecule has 3 aliphatic carbocycles. The van der Waals surface area contributed by atoms with Crippen LogP contribution >= 0.6 is 0 Å². The fourth-order valence-electron chi connectivity index (χ4n) is 6.37. The Hall–Kier alpha value is -1.14. The second kappa shape index (κ2) is 6.69. The minimum absolute atomic E-state index is 0.0314. The van der Waals surface area contributed by atoms with Gasteiger partial charge in [-0.25, -0.2) is 0 Å². The van der Waals surface area contributed by atoms with Crippen molar-refractivity contribution in [3.8, 4) is 0 Å². The molecule has 2 aliphatic heterocycles. The summed E-state index contributed by atoms with van der Waals surface area (Å²) < 4.78 is 5.97. The summed E-state index contributed by atoms with van der Waals surface area (Å²) in [6.45, 7) is 1.70. The van der Waals surface area contributed by atoms with Crippen LogP contribution in [0.25, 0.3) is 0 Å². The van der Waals surface area contributed by atoms with Gasteiger partial charge in [0.05, 0.1) is 32.2 Å². The van der Waals surface area contributed by atoms with E-state index < -0.39 is 5.60 Å². The Morgan fingerprint density at radius 2 is 1.82 bits per heavy atom. The van der Waals surface area contributed by atoms with E-state index in [1.54, 1.807) is 4.90 Å². The monoisotopic (exact) mass is 390 g/mol. The van der Waals surface area contributed by atoms with Crippen molar-refractivity contribution in [1.82, 2.24) is 10.2 Å². The Morgan fingerprint density at radius 1 is 1.07 bits per heavy atom. The summed E-state index contributed by atoms with van der Waals surface area (Å²) in [5.41, 5.74) is -0.717. The largest absolute Gasteiger partial charge is 0.384 e. The standard InChI is InChI=1S/C22H34N2O4/c25-18(10-17-4-7-20(15-28-17)5-1-6-20)24-13-22(27,14-24)12-23-19(26)21-8-2-16(11-21)3-9-21/h16-17,27H,1-15H2,(H,23,26). The molecule has 5 rings (SSSR count). The van der Waals surface area contributed by atoms with Crippen LogP contribution in [0.1, 0.15) is 70.6 Å². The summed E-state index contributed by atoms with van der Waals surface area (Å²) in [6, 6.07) is 0. The number of carbonyl (C=O) groups is 2. The molecule has 2 heterocycles. The maximum absolute atomic E-state index is 12.7. The molecule has 5 fully saturated rings. The summed E-state index contributed by atoms with van der Waals surface area (Å²) in [4.78, 5) is 26.9. The molecule has 2 amide bonds. The molecule has 0 aromatic carbocycles. The van der Waals surface area contributed by atoms with Gasteiger partial charge in [0.1, 0.15) is 5.60 Å². The Kier molecular flexibility index (Phi) is 4.51. The number of amides is 2. The van der Waals surface area contributed by atoms with Crippen molar-refractivity contribution < 1.29 is 19.4 Å². The van der Waals surface area contributed by atoms with E-state index in [1.807, 2.05) is 0 Å². The molecule has 1 spiro atoms. The average Bonchev–Trinajstić information content (AvgIpc) is 3.26. The quantitative estimate of drug-likeness (QED) is 0.753. The predicted molar refractivity (Wildman–Crippen MR) is 103 cm³/mol. The van der Waals surface area contributed by atoms with Crippen LogP contribution in [-0.2, 0) is 14.3 Å². The zero-order chi connectivity index (χ0) is 19.4. The third-order valence-electron chi connectivity index (χ3n) is 8.56. The number of aliphatic hydroxyl groups is 1. The normalized spacial score (nSPS) is 37.4. The Balaban J connectivity index is 1.04. The Morgan fingerprint density at radius 3 is 2.36 bits per heavy atom. The molecule has 2 bridgehead atoms. The van der Waals surface area contributed by atoms with Crippen LogP contribution in [0.3, 0.4) is 0 Å². The van der Waals surface area contributed by atoms with E-state index in [1.165, 1.54) is 38.5 Å². The van der Waals surface area contributed by atoms with Crippen molar-refractivity contribution in [2.24, 2.45) is 16.7 Å². The average molecular weight is 391 g/mol. The van der Waals surface area contributed by atoms with Gasteiger partial charge >= 0.3 is 0 Å². The maximum Gasteiger partial charge on any atom is 0.226 e. The van der Waals surface area contributed by atoms with Crippen LogP contribution in [0.2, 0.25) is 0 Å². The first kappa shape index (κ1) is 18.9. The highest BCUT2D eigenvalue weighted by atomic mass is 16.5. The molecule has 2 saturated heterocycles. The van der Waals surface area contributed by atoms with Gasteiger partial charge in [-0.3, -0.25) is 9.59 Å². The van der Waals surface area contributed by atoms with Gasteiger partial charge in [0.15, 0.2) is 0 Å². The molecular formula is C22H34N2O4. The van der Waals surface area contributed by atoms with Crippen molar-refractivity contribution in [3.05, 3.63) is 0 Å². The first-order chi connectivity index (χ1) is 13.4. The lowest BCUT2D eigenvalue weighted by molar-refractivity contribution is -0.162. The van der Waals surface area contributed by atoms with E-state index in [4.69, 9.17) is 4.74 Å². The van der Waals surface area contributed by atoms with Crippen LogP contribution in [0.4, 0.5) is 0 Å². The van der Waals surface area contributed by atoms with Gasteiger partial charge in [-0.1, -0.05) is 6.42 Å². The van der Waals surface area contributed by atoms with Crippen LogP contribution in [0, 0.1) is 16.7 Å². The molecule has 5 aliphatic rings. The summed E-state index contributed by atoms with van der Waals surface area (Å²) in [5, 5.41) is 13.7. The molecule has 0 radical (unpaired) electrons. The van der Waals surface area contributed by atoms with Crippen LogP contribution in [-0.4, -0.2) is 59.8 Å². The highest BCUT2D eigenvalue weighted by molar-refractivity contribution is 5.83. The van der Waals surface area contributed by atoms with Crippen molar-refractivity contribution in [1.29, 1.82) is 0 Å². The molecule has 28 heavy (non-hydrogen) atoms. The summed E-state index contributed by atoms with van der Waals surface area (Å²) in [7, 11) is 0. The van der Waals surface area contributed by atoms with Gasteiger partial charge < -0.3 is 20.1 Å². The number of β-amino-alcohol motifs (C(OH)–C–C–N with tert-alkyl or cyclic N) is 1. The molecule has 6 heteroatoms. The maximum atomic E-state index is 12.7. The minimum atomic E-state index is -0.970. The van der Waals surface area contributed by atoms with E-state index in [9.17, 15) is 14.7 Å². The van der Waals surface area contributed by atoms with Gasteiger partial charge in [-0.05, 0) is 69.1 Å². The topological polar surface area (TPSA) is 78.9 Å². The van der Waals surface area contributed by atoms with Gasteiger partial charge in [0.25, 0.3) is 0 Å². The molecule has 156 valence electrons. The van der Waals surface area contributed by atoms with E-state index in [2.05, 4.69) is 5.32 Å². The van der Waals surface area contributed by atoms with Crippen molar-refractivity contribution in [2.45, 2.75) is 82.3 Å². The lowest BCUT2D eigenvalue weighted by atomic mass is 9.65. The van der Waals surface area contributed by atoms with Crippen LogP contribution in [0.5, 0.6) is 0 Å². The second-order valence-corrected chi connectivity index (χ2v) is 10.6. The van der Waals surface area contributed by atoms with Crippen molar-refractivity contribution >= 4 is 11.8 Å². The molecule has 0 aromatic heterocycles. The fourth-order valence-corrected chi connectivity index (χ4v) is 6.37. The zero-order valence-corrected chi connectivity index (χ0v) is 16.9. The van der Waals surface area contributed by atoms with Gasteiger partial charge in [-0.2, -0.15) is 0 Å². The summed E-state index contributed by atoms with van der Waals surface area (Å²) in [5.74, 6) is 0.914. The van der Waals surface area contributed by atoms with E-state index >= 15 is 0 Å². The highest BCUT2D eigenvalue weighted by Crippen LogP contribution is 2.54. The highest BCUT2D eigenvalue weighted by Gasteiger charge is 2.51. The van der Waals surface area contributed by atoms with Crippen LogP contribution < -0.4 is 5.32 Å². The SMILES string of the molecule is O=C(CC1CCC2(CCC2)CO1)N1CC(O)(CNC(=O)C23CCC(CC2)C3)C1. The molecule has 1 unspecified atom stereocenters. The summed E-state index contributed by atoms with van der Waals surface area (Å²) in [6.07, 6.45) is 11.8. The smallest absolute Gasteiger partial charge is 0.226 e. The number of hydrogen-bond acceptors (Lipinski definition) is 4. The summed E-state index contributed by atoms with van der Waals surface area (Å²) >= 11 is 0. The van der Waals surface area contributed by atoms with E-state index in [0.29, 0.717) is 24.9 Å². The van der Waals surface area contributed by atoms with E-state index in [-0.39, 0.29) is 29.9 Å². The third kappa shape index (κ3) is 3.26. The zero-order valence-electron chi connectivity index (χ0n) is 16.9. The first-order valence-corrected chi connectivity index (χ1v) is 11.3. The van der Waals surface area contributed by atoms with Crippen LogP contribution in [0.15, 0.2) is 0 Å². The number of hydrogen-bond donors (Lipinski definition) is 2. The van der Waals surface area contributed by atoms with Gasteiger partial charge in [0.2, 0.25) is 11.8 Å². The van der Waals surface area contributed by atoms with Gasteiger partial charge in [-0.15, -0.1) is 0 Å². The molecule has 0 aromatic rings. The van der Waals surface area contributed by atoms with Crippen molar-refractivity contribution in [3.63, 3.8) is 0 Å². The van der Waals surface area contributed by atoms with E-state index in [0.717, 1.165) is 38.2 Å². The predicted octanol–water partition coefficient (Wildman–Crippen LogP) is 2.00. The lowest BCUT2D eigenvalue weighted by Gasteiger charge is -2.48. The Labute approximate surface area is 167 Å². The number of fused-ring (bicyclic) bond motifs is 2. The fraction of sp³-hybridized carbons (Fsp3) is 0.909. The minimum Gasteiger partial charge on any atom is -0.384 e. The second-order valence-electron chi connectivity index (χ2n) is 10.6. The number of ether oxygens (including phenoxy) is 1. The number of rotatable bonds is 5. The Bertz CT molecular complexity index is 635. The van der Waals surface area contributed by atoms with Crippen molar-refractivity contribution in [2.75, 3.05) is 26.2 Å². The number of likely N-dealkylation sites (tertiary alicyclic amines) is 1. The molecular weight excluding hydrogens is 356 g/mol.